The molecule has 0 fully saturated rings. The molecule has 2 amide bonds. The zero-order valence-corrected chi connectivity index (χ0v) is 14.4. The van der Waals surface area contributed by atoms with Crippen molar-refractivity contribution in [3.05, 3.63) is 59.1 Å². The molecule has 0 saturated heterocycles. The van der Waals surface area contributed by atoms with Gasteiger partial charge in [-0.05, 0) is 43.9 Å². The summed E-state index contributed by atoms with van der Waals surface area (Å²) >= 11 is 5.98. The van der Waals surface area contributed by atoms with Crippen LogP contribution >= 0.6 is 11.6 Å². The lowest BCUT2D eigenvalue weighted by Crippen LogP contribution is -2.39. The number of nitrogens with one attached hydrogen (secondary N) is 1. The van der Waals surface area contributed by atoms with Crippen LogP contribution in [0.15, 0.2) is 42.6 Å². The van der Waals surface area contributed by atoms with Crippen LogP contribution in [0.25, 0.3) is 0 Å². The molecule has 1 aromatic heterocycles. The Morgan fingerprint density at radius 3 is 2.71 bits per heavy atom. The topological polar surface area (TPSA) is 48.5 Å². The monoisotopic (exact) mass is 350 g/mol. The molecule has 0 aliphatic heterocycles. The lowest BCUT2D eigenvalue weighted by Gasteiger charge is -2.25. The van der Waals surface area contributed by atoms with Crippen LogP contribution in [0.4, 0.5) is 14.9 Å². The summed E-state index contributed by atoms with van der Waals surface area (Å²) in [5.41, 5.74) is 1.17. The van der Waals surface area contributed by atoms with Crippen LogP contribution < -0.4 is 5.32 Å². The summed E-state index contributed by atoms with van der Waals surface area (Å²) in [7, 11) is 3.85. The minimum atomic E-state index is -0.323. The number of carbonyl (C=O) groups is 1. The van der Waals surface area contributed by atoms with Gasteiger partial charge in [-0.25, -0.2) is 14.2 Å². The summed E-state index contributed by atoms with van der Waals surface area (Å²) in [4.78, 5) is 20.1. The highest BCUT2D eigenvalue weighted by molar-refractivity contribution is 6.32. The van der Waals surface area contributed by atoms with Gasteiger partial charge in [0.15, 0.2) is 5.15 Å². The van der Waals surface area contributed by atoms with Gasteiger partial charge in [0.05, 0.1) is 5.69 Å². The summed E-state index contributed by atoms with van der Waals surface area (Å²) in [6.07, 6.45) is 1.55. The Bertz CT molecular complexity index is 696. The number of aromatic nitrogens is 1. The lowest BCUT2D eigenvalue weighted by atomic mass is 10.2. The molecule has 0 saturated carbocycles. The van der Waals surface area contributed by atoms with Crippen molar-refractivity contribution >= 4 is 23.3 Å². The summed E-state index contributed by atoms with van der Waals surface area (Å²) in [5, 5.41) is 2.98. The van der Waals surface area contributed by atoms with E-state index in [1.165, 1.54) is 12.1 Å². The third-order valence-corrected chi connectivity index (χ3v) is 3.67. The summed E-state index contributed by atoms with van der Waals surface area (Å²) < 4.78 is 13.4. The third kappa shape index (κ3) is 5.47. The van der Waals surface area contributed by atoms with Crippen LogP contribution in [0, 0.1) is 5.82 Å². The number of anilines is 1. The number of halogens is 2. The molecule has 1 heterocycles. The molecule has 7 heteroatoms. The van der Waals surface area contributed by atoms with Crippen LogP contribution in [0.3, 0.4) is 0 Å². The van der Waals surface area contributed by atoms with Crippen molar-refractivity contribution in [3.8, 4) is 0 Å². The Balaban J connectivity index is 2.12. The number of nitrogens with zero attached hydrogens (tertiary/aromatic N) is 3. The molecule has 24 heavy (non-hydrogen) atoms. The minimum Gasteiger partial charge on any atom is -0.319 e. The van der Waals surface area contributed by atoms with Crippen LogP contribution in [-0.2, 0) is 6.54 Å². The highest BCUT2D eigenvalue weighted by atomic mass is 35.5. The highest BCUT2D eigenvalue weighted by Gasteiger charge is 2.16. The second kappa shape index (κ2) is 8.61. The van der Waals surface area contributed by atoms with Crippen LogP contribution in [-0.4, -0.2) is 48.0 Å². The summed E-state index contributed by atoms with van der Waals surface area (Å²) in [5.74, 6) is -0.323. The number of rotatable bonds is 6. The molecule has 128 valence electrons. The molecule has 2 aromatic rings. The largest absolute Gasteiger partial charge is 0.322 e. The Kier molecular flexibility index (Phi) is 6.52. The summed E-state index contributed by atoms with van der Waals surface area (Å²) in [6, 6.07) is 9.28. The van der Waals surface area contributed by atoms with Crippen molar-refractivity contribution in [2.24, 2.45) is 0 Å². The number of urea groups is 1. The van der Waals surface area contributed by atoms with Gasteiger partial charge in [0.25, 0.3) is 0 Å². The Morgan fingerprint density at radius 1 is 1.25 bits per heavy atom. The smallest absolute Gasteiger partial charge is 0.319 e. The number of amides is 2. The number of likely N-dealkylation sites (N-methyl/N-ethyl adjacent to an activating group) is 1. The van der Waals surface area contributed by atoms with Gasteiger partial charge < -0.3 is 15.1 Å². The predicted octanol–water partition coefficient (Wildman–Crippen LogP) is 3.47. The van der Waals surface area contributed by atoms with E-state index in [1.807, 2.05) is 19.0 Å². The number of carbonyl (C=O) groups excluding carboxylic acids is 1. The zero-order chi connectivity index (χ0) is 17.5. The van der Waals surface area contributed by atoms with E-state index in [1.54, 1.807) is 35.4 Å². The van der Waals surface area contributed by atoms with E-state index in [2.05, 4.69) is 10.3 Å². The van der Waals surface area contributed by atoms with E-state index in [4.69, 9.17) is 11.6 Å². The first-order valence-corrected chi connectivity index (χ1v) is 7.89. The van der Waals surface area contributed by atoms with Gasteiger partial charge in [-0.15, -0.1) is 0 Å². The van der Waals surface area contributed by atoms with E-state index in [9.17, 15) is 9.18 Å². The lowest BCUT2D eigenvalue weighted by molar-refractivity contribution is 0.202. The minimum absolute atomic E-state index is 0.226. The normalized spacial score (nSPS) is 10.7. The quantitative estimate of drug-likeness (QED) is 0.811. The molecule has 0 unspecified atom stereocenters. The average molecular weight is 351 g/mol. The molecule has 2 rings (SSSR count). The Hall–Kier alpha value is -2.18. The van der Waals surface area contributed by atoms with Crippen molar-refractivity contribution in [2.75, 3.05) is 32.5 Å². The molecular formula is C17H20ClFN4O. The maximum atomic E-state index is 13.4. The van der Waals surface area contributed by atoms with Gasteiger partial charge in [0.2, 0.25) is 0 Å². The van der Waals surface area contributed by atoms with E-state index < -0.39 is 0 Å². The van der Waals surface area contributed by atoms with Crippen LogP contribution in [0.1, 0.15) is 5.56 Å². The number of hydrogen-bond donors (Lipinski definition) is 1. The van der Waals surface area contributed by atoms with E-state index in [0.29, 0.717) is 25.3 Å². The van der Waals surface area contributed by atoms with E-state index >= 15 is 0 Å². The molecule has 0 atom stereocenters. The fraction of sp³-hybridized carbons (Fsp3) is 0.294. The Labute approximate surface area is 146 Å². The number of pyridine rings is 1. The van der Waals surface area contributed by atoms with Gasteiger partial charge in [-0.1, -0.05) is 23.7 Å². The van der Waals surface area contributed by atoms with Crippen molar-refractivity contribution in [1.29, 1.82) is 0 Å². The predicted molar refractivity (Wildman–Crippen MR) is 93.6 cm³/mol. The SMILES string of the molecule is CN(C)CCN(Cc1cccc(F)c1)C(=O)Nc1cccnc1Cl. The first-order chi connectivity index (χ1) is 11.5. The second-order valence-corrected chi connectivity index (χ2v) is 5.98. The molecule has 0 aliphatic rings. The van der Waals surface area contributed by atoms with Crippen LogP contribution in [0.5, 0.6) is 0 Å². The molecule has 1 N–H and O–H groups in total. The maximum absolute atomic E-state index is 13.4. The van der Waals surface area contributed by atoms with Crippen molar-refractivity contribution in [2.45, 2.75) is 6.54 Å². The maximum Gasteiger partial charge on any atom is 0.322 e. The first-order valence-electron chi connectivity index (χ1n) is 7.51. The molecule has 0 aliphatic carbocycles. The third-order valence-electron chi connectivity index (χ3n) is 3.37. The van der Waals surface area contributed by atoms with Crippen molar-refractivity contribution in [1.82, 2.24) is 14.8 Å². The highest BCUT2D eigenvalue weighted by Crippen LogP contribution is 2.18. The molecule has 0 bridgehead atoms. The van der Waals surface area contributed by atoms with Gasteiger partial charge in [0.1, 0.15) is 5.82 Å². The molecule has 0 radical (unpaired) electrons. The molecular weight excluding hydrogens is 331 g/mol. The average Bonchev–Trinajstić information content (AvgIpc) is 2.53. The standard InChI is InChI=1S/C17H20ClFN4O/c1-22(2)9-10-23(12-13-5-3-6-14(19)11-13)17(24)21-15-7-4-8-20-16(15)18/h3-8,11H,9-10,12H2,1-2H3,(H,21,24). The van der Waals surface area contributed by atoms with E-state index in [0.717, 1.165) is 5.56 Å². The number of benzene rings is 1. The molecule has 1 aromatic carbocycles. The first kappa shape index (κ1) is 18.2. The zero-order valence-electron chi connectivity index (χ0n) is 13.7. The molecule has 5 nitrogen and oxygen atoms in total. The second-order valence-electron chi connectivity index (χ2n) is 5.63. The van der Waals surface area contributed by atoms with Crippen molar-refractivity contribution in [3.63, 3.8) is 0 Å². The van der Waals surface area contributed by atoms with Gasteiger partial charge in [-0.2, -0.15) is 0 Å². The van der Waals surface area contributed by atoms with Gasteiger partial charge in [0, 0.05) is 25.8 Å². The molecule has 0 spiro atoms. The Morgan fingerprint density at radius 2 is 2.04 bits per heavy atom. The van der Waals surface area contributed by atoms with E-state index in [-0.39, 0.29) is 17.0 Å². The summed E-state index contributed by atoms with van der Waals surface area (Å²) in [6.45, 7) is 1.48. The van der Waals surface area contributed by atoms with Gasteiger partial charge >= 0.3 is 6.03 Å². The fourth-order valence-electron chi connectivity index (χ4n) is 2.10. The van der Waals surface area contributed by atoms with Gasteiger partial charge in [-0.3, -0.25) is 0 Å². The fourth-order valence-corrected chi connectivity index (χ4v) is 2.27. The van der Waals surface area contributed by atoms with Crippen molar-refractivity contribution < 1.29 is 9.18 Å². The van der Waals surface area contributed by atoms with Crippen LogP contribution in [0.2, 0.25) is 5.15 Å². The number of hydrogen-bond acceptors (Lipinski definition) is 3.